The molecule has 4 nitrogen and oxygen atoms in total. The van der Waals surface area contributed by atoms with E-state index in [4.69, 9.17) is 0 Å². The van der Waals surface area contributed by atoms with E-state index in [0.29, 0.717) is 6.54 Å². The number of hydrogen-bond donors (Lipinski definition) is 2. The van der Waals surface area contributed by atoms with Gasteiger partial charge in [-0.15, -0.1) is 23.7 Å². The van der Waals surface area contributed by atoms with Crippen LogP contribution in [-0.2, 0) is 16.6 Å². The number of nitrogens with zero attached hydrogens (tertiary/aromatic N) is 1. The number of carbonyl (C=O) groups is 1. The molecule has 6 heteroatoms. The van der Waals surface area contributed by atoms with E-state index in [0.717, 1.165) is 43.1 Å². The number of nitrogens with one attached hydrogen (secondary N) is 2. The number of amides is 1. The van der Waals surface area contributed by atoms with Crippen LogP contribution in [0.3, 0.4) is 0 Å². The summed E-state index contributed by atoms with van der Waals surface area (Å²) in [5.41, 5.74) is 1.20. The Morgan fingerprint density at radius 1 is 1.43 bits per heavy atom. The fraction of sp³-hybridized carbons (Fsp3) is 0.733. The lowest BCUT2D eigenvalue weighted by atomic mass is 9.97. The van der Waals surface area contributed by atoms with Crippen molar-refractivity contribution in [3.63, 3.8) is 0 Å². The molecule has 2 N–H and O–H groups in total. The Bertz CT molecular complexity index is 450. The summed E-state index contributed by atoms with van der Waals surface area (Å²) in [7, 11) is 0. The lowest BCUT2D eigenvalue weighted by molar-refractivity contribution is -0.125. The predicted molar refractivity (Wildman–Crippen MR) is 90.4 cm³/mol. The zero-order valence-corrected chi connectivity index (χ0v) is 14.7. The molecule has 0 unspecified atom stereocenters. The lowest BCUT2D eigenvalue weighted by Crippen LogP contribution is -2.38. The van der Waals surface area contributed by atoms with Gasteiger partial charge in [-0.2, -0.15) is 0 Å². The minimum atomic E-state index is 0. The fourth-order valence-electron chi connectivity index (χ4n) is 2.31. The van der Waals surface area contributed by atoms with Gasteiger partial charge < -0.3 is 10.6 Å². The van der Waals surface area contributed by atoms with Crippen molar-refractivity contribution < 1.29 is 4.79 Å². The van der Waals surface area contributed by atoms with Crippen molar-refractivity contribution in [2.75, 3.05) is 19.6 Å². The molecule has 120 valence electrons. The molecular weight excluding hydrogens is 306 g/mol. The van der Waals surface area contributed by atoms with Crippen LogP contribution in [0.25, 0.3) is 0 Å². The molecule has 0 saturated carbocycles. The highest BCUT2D eigenvalue weighted by Gasteiger charge is 2.21. The molecule has 2 rings (SSSR count). The molecule has 0 aromatic carbocycles. The summed E-state index contributed by atoms with van der Waals surface area (Å²) in [5.74, 6) is 0.398. The van der Waals surface area contributed by atoms with E-state index in [1.54, 1.807) is 11.3 Å². The Balaban J connectivity index is 0.00000220. The van der Waals surface area contributed by atoms with Crippen LogP contribution in [0.4, 0.5) is 0 Å². The van der Waals surface area contributed by atoms with E-state index in [2.05, 4.69) is 41.8 Å². The predicted octanol–water partition coefficient (Wildman–Crippen LogP) is 2.52. The second-order valence-electron chi connectivity index (χ2n) is 6.46. The van der Waals surface area contributed by atoms with Crippen LogP contribution in [0.1, 0.15) is 44.3 Å². The van der Waals surface area contributed by atoms with Gasteiger partial charge in [0.05, 0.1) is 10.7 Å². The van der Waals surface area contributed by atoms with Gasteiger partial charge in [0.15, 0.2) is 0 Å². The quantitative estimate of drug-likeness (QED) is 0.891. The van der Waals surface area contributed by atoms with Crippen LogP contribution in [0.2, 0.25) is 0 Å². The molecule has 0 spiro atoms. The second kappa shape index (κ2) is 8.11. The minimum absolute atomic E-state index is 0. The van der Waals surface area contributed by atoms with Gasteiger partial charge in [0.25, 0.3) is 0 Å². The average molecular weight is 332 g/mol. The molecule has 21 heavy (non-hydrogen) atoms. The summed E-state index contributed by atoms with van der Waals surface area (Å²) >= 11 is 1.71. The Labute approximate surface area is 137 Å². The summed E-state index contributed by atoms with van der Waals surface area (Å²) in [5, 5.41) is 9.60. The highest BCUT2D eigenvalue weighted by molar-refractivity contribution is 7.09. The molecule has 1 aromatic rings. The van der Waals surface area contributed by atoms with Gasteiger partial charge in [0, 0.05) is 29.7 Å². The monoisotopic (exact) mass is 331 g/mol. The van der Waals surface area contributed by atoms with Crippen LogP contribution in [0, 0.1) is 5.92 Å². The normalized spacial score (nSPS) is 16.3. The highest BCUT2D eigenvalue weighted by atomic mass is 35.5. The van der Waals surface area contributed by atoms with Crippen LogP contribution in [0.5, 0.6) is 0 Å². The molecule has 0 bridgehead atoms. The average Bonchev–Trinajstić information content (AvgIpc) is 2.88. The molecule has 1 aliphatic rings. The van der Waals surface area contributed by atoms with E-state index in [1.165, 1.54) is 0 Å². The van der Waals surface area contributed by atoms with Crippen molar-refractivity contribution in [1.29, 1.82) is 0 Å². The summed E-state index contributed by atoms with van der Waals surface area (Å²) in [6, 6.07) is 0. The van der Waals surface area contributed by atoms with Crippen LogP contribution >= 0.6 is 23.7 Å². The zero-order chi connectivity index (χ0) is 14.6. The molecule has 0 aliphatic carbocycles. The summed E-state index contributed by atoms with van der Waals surface area (Å²) in [4.78, 5) is 16.6. The number of piperidine rings is 1. The largest absolute Gasteiger partial charge is 0.355 e. The number of rotatable bonds is 4. The van der Waals surface area contributed by atoms with Crippen molar-refractivity contribution in [2.24, 2.45) is 5.92 Å². The van der Waals surface area contributed by atoms with E-state index in [-0.39, 0.29) is 29.6 Å². The zero-order valence-electron chi connectivity index (χ0n) is 13.1. The molecule has 1 saturated heterocycles. The third-order valence-corrected chi connectivity index (χ3v) is 4.90. The molecule has 2 heterocycles. The van der Waals surface area contributed by atoms with Gasteiger partial charge in [0.2, 0.25) is 5.91 Å². The molecule has 0 radical (unpaired) electrons. The summed E-state index contributed by atoms with van der Waals surface area (Å²) in [6.07, 6.45) is 2.73. The number of hydrogen-bond acceptors (Lipinski definition) is 4. The maximum atomic E-state index is 12.0. The molecule has 0 atom stereocenters. The molecule has 1 fully saturated rings. The molecule has 1 amide bonds. The highest BCUT2D eigenvalue weighted by Crippen LogP contribution is 2.25. The summed E-state index contributed by atoms with van der Waals surface area (Å²) < 4.78 is 0. The number of thiazole rings is 1. The first kappa shape index (κ1) is 18.4. The number of aromatic nitrogens is 1. The van der Waals surface area contributed by atoms with Gasteiger partial charge in [-0.25, -0.2) is 4.98 Å². The van der Waals surface area contributed by atoms with Crippen molar-refractivity contribution in [3.05, 3.63) is 16.1 Å². The van der Waals surface area contributed by atoms with Gasteiger partial charge >= 0.3 is 0 Å². The van der Waals surface area contributed by atoms with Gasteiger partial charge in [-0.05, 0) is 25.9 Å². The standard InChI is InChI=1S/C15H25N3OS.ClH/c1-15(2,3)14-18-12(10-20-14)6-9-17-13(19)11-4-7-16-8-5-11;/h10-11,16H,4-9H2,1-3H3,(H,17,19);1H. The van der Waals surface area contributed by atoms with E-state index < -0.39 is 0 Å². The smallest absolute Gasteiger partial charge is 0.223 e. The first-order valence-corrected chi connectivity index (χ1v) is 8.28. The van der Waals surface area contributed by atoms with E-state index in [1.807, 2.05) is 0 Å². The van der Waals surface area contributed by atoms with E-state index in [9.17, 15) is 4.79 Å². The van der Waals surface area contributed by atoms with E-state index >= 15 is 0 Å². The van der Waals surface area contributed by atoms with Crippen molar-refractivity contribution in [3.8, 4) is 0 Å². The Morgan fingerprint density at radius 2 is 2.10 bits per heavy atom. The number of halogens is 1. The Morgan fingerprint density at radius 3 is 2.67 bits per heavy atom. The minimum Gasteiger partial charge on any atom is -0.355 e. The van der Waals surface area contributed by atoms with Crippen LogP contribution in [-0.4, -0.2) is 30.5 Å². The van der Waals surface area contributed by atoms with Gasteiger partial charge in [-0.3, -0.25) is 4.79 Å². The maximum Gasteiger partial charge on any atom is 0.223 e. The van der Waals surface area contributed by atoms with Crippen LogP contribution < -0.4 is 10.6 Å². The third-order valence-electron chi connectivity index (χ3n) is 3.58. The van der Waals surface area contributed by atoms with Crippen LogP contribution in [0.15, 0.2) is 5.38 Å². The SMILES string of the molecule is CC(C)(C)c1nc(CCNC(=O)C2CCNCC2)cs1.Cl. The molecule has 1 aromatic heterocycles. The lowest BCUT2D eigenvalue weighted by Gasteiger charge is -2.21. The Hall–Kier alpha value is -0.650. The topological polar surface area (TPSA) is 54.0 Å². The second-order valence-corrected chi connectivity index (χ2v) is 7.32. The maximum absolute atomic E-state index is 12.0. The van der Waals surface area contributed by atoms with Crippen molar-refractivity contribution in [2.45, 2.75) is 45.4 Å². The first-order chi connectivity index (χ1) is 9.47. The Kier molecular flexibility index (Phi) is 7.10. The molecular formula is C15H26ClN3OS. The third kappa shape index (κ3) is 5.57. The van der Waals surface area contributed by atoms with Crippen molar-refractivity contribution >= 4 is 29.7 Å². The molecule has 1 aliphatic heterocycles. The van der Waals surface area contributed by atoms with Crippen molar-refractivity contribution in [1.82, 2.24) is 15.6 Å². The van der Waals surface area contributed by atoms with Gasteiger partial charge in [-0.1, -0.05) is 20.8 Å². The fourth-order valence-corrected chi connectivity index (χ4v) is 3.25. The van der Waals surface area contributed by atoms with Gasteiger partial charge in [0.1, 0.15) is 0 Å². The summed E-state index contributed by atoms with van der Waals surface area (Å²) in [6.45, 7) is 9.13. The first-order valence-electron chi connectivity index (χ1n) is 7.40. The number of carbonyl (C=O) groups excluding carboxylic acids is 1.